The first-order chi connectivity index (χ1) is 11.3. The van der Waals surface area contributed by atoms with Crippen molar-refractivity contribution in [1.82, 2.24) is 15.0 Å². The molecule has 1 aliphatic rings. The zero-order valence-corrected chi connectivity index (χ0v) is 14.0. The summed E-state index contributed by atoms with van der Waals surface area (Å²) in [6.07, 6.45) is 2.29. The van der Waals surface area contributed by atoms with E-state index in [1.807, 2.05) is 25.3 Å². The minimum atomic E-state index is -0.890. The highest BCUT2D eigenvalue weighted by Gasteiger charge is 2.40. The molecule has 0 aliphatic heterocycles. The van der Waals surface area contributed by atoms with Gasteiger partial charge in [0.05, 0.1) is 17.5 Å². The molecule has 1 amide bonds. The second-order valence-corrected chi connectivity index (χ2v) is 6.57. The Hall–Kier alpha value is -2.57. The van der Waals surface area contributed by atoms with Gasteiger partial charge in [-0.15, -0.1) is 0 Å². The number of aromatic nitrogens is 2. The van der Waals surface area contributed by atoms with Crippen LogP contribution in [0.2, 0.25) is 0 Å². The molecular formula is C17H21N3O4. The SMILES string of the molecule is Cc1cc(-n2c(C)cc(C(=O)NC3(CC(=O)O)CCC3)c2C)no1. The van der Waals surface area contributed by atoms with Crippen molar-refractivity contribution in [2.24, 2.45) is 0 Å². The number of amides is 1. The number of carboxylic acid groups (broad SMARTS) is 1. The third-order valence-electron chi connectivity index (χ3n) is 4.70. The summed E-state index contributed by atoms with van der Waals surface area (Å²) in [4.78, 5) is 23.8. The summed E-state index contributed by atoms with van der Waals surface area (Å²) in [6.45, 7) is 5.55. The highest BCUT2D eigenvalue weighted by atomic mass is 16.5. The zero-order chi connectivity index (χ0) is 17.5. The number of carbonyl (C=O) groups is 2. The molecule has 0 radical (unpaired) electrons. The topological polar surface area (TPSA) is 97.4 Å². The van der Waals surface area contributed by atoms with Crippen molar-refractivity contribution in [3.05, 3.63) is 34.8 Å². The second kappa shape index (κ2) is 5.81. The molecule has 0 aromatic carbocycles. The lowest BCUT2D eigenvalue weighted by atomic mass is 9.74. The van der Waals surface area contributed by atoms with Gasteiger partial charge in [0.2, 0.25) is 0 Å². The standard InChI is InChI=1S/C17H21N3O4/c1-10-7-13(12(3)20(10)14-8-11(2)24-19-14)16(23)18-17(5-4-6-17)9-15(21)22/h7-8H,4-6,9H2,1-3H3,(H,18,23)(H,21,22). The molecule has 2 N–H and O–H groups in total. The first kappa shape index (κ1) is 16.3. The molecule has 0 unspecified atom stereocenters. The normalized spacial score (nSPS) is 15.8. The molecule has 7 heteroatoms. The molecule has 3 rings (SSSR count). The van der Waals surface area contributed by atoms with Gasteiger partial charge >= 0.3 is 5.97 Å². The number of hydrogen-bond acceptors (Lipinski definition) is 4. The van der Waals surface area contributed by atoms with E-state index in [1.54, 1.807) is 12.1 Å². The van der Waals surface area contributed by atoms with Crippen LogP contribution >= 0.6 is 0 Å². The fraction of sp³-hybridized carbons (Fsp3) is 0.471. The average Bonchev–Trinajstić information content (AvgIpc) is 2.99. The number of carbonyl (C=O) groups excluding carboxylic acids is 1. The molecule has 128 valence electrons. The number of nitrogens with zero attached hydrogens (tertiary/aromatic N) is 2. The Bertz CT molecular complexity index is 799. The Balaban J connectivity index is 1.87. The van der Waals surface area contributed by atoms with Crippen molar-refractivity contribution in [3.63, 3.8) is 0 Å². The van der Waals surface area contributed by atoms with E-state index in [0.717, 1.165) is 17.8 Å². The van der Waals surface area contributed by atoms with E-state index in [4.69, 9.17) is 9.63 Å². The number of aliphatic carboxylic acids is 1. The van der Waals surface area contributed by atoms with Gasteiger partial charge in [-0.2, -0.15) is 0 Å². The molecule has 2 heterocycles. The van der Waals surface area contributed by atoms with E-state index < -0.39 is 11.5 Å². The fourth-order valence-electron chi connectivity index (χ4n) is 3.35. The summed E-state index contributed by atoms with van der Waals surface area (Å²) < 4.78 is 6.97. The Morgan fingerprint density at radius 3 is 2.54 bits per heavy atom. The Morgan fingerprint density at radius 1 is 1.33 bits per heavy atom. The number of aryl methyl sites for hydroxylation is 2. The van der Waals surface area contributed by atoms with Crippen LogP contribution in [0.15, 0.2) is 16.7 Å². The maximum absolute atomic E-state index is 12.7. The van der Waals surface area contributed by atoms with Gasteiger partial charge in [-0.3, -0.25) is 14.2 Å². The van der Waals surface area contributed by atoms with Crippen molar-refractivity contribution in [1.29, 1.82) is 0 Å². The lowest BCUT2D eigenvalue weighted by Crippen LogP contribution is -2.54. The minimum Gasteiger partial charge on any atom is -0.481 e. The van der Waals surface area contributed by atoms with E-state index in [9.17, 15) is 9.59 Å². The molecule has 24 heavy (non-hydrogen) atoms. The van der Waals surface area contributed by atoms with Crippen LogP contribution in [0.3, 0.4) is 0 Å². The van der Waals surface area contributed by atoms with Crippen molar-refractivity contribution in [2.75, 3.05) is 0 Å². The largest absolute Gasteiger partial charge is 0.481 e. The first-order valence-corrected chi connectivity index (χ1v) is 7.98. The van der Waals surface area contributed by atoms with E-state index >= 15 is 0 Å². The summed E-state index contributed by atoms with van der Waals surface area (Å²) >= 11 is 0. The van der Waals surface area contributed by atoms with E-state index in [0.29, 0.717) is 30.0 Å². The van der Waals surface area contributed by atoms with Gasteiger partial charge in [-0.1, -0.05) is 5.16 Å². The highest BCUT2D eigenvalue weighted by molar-refractivity contribution is 5.96. The van der Waals surface area contributed by atoms with Gasteiger partial charge in [-0.05, 0) is 46.1 Å². The average molecular weight is 331 g/mol. The van der Waals surface area contributed by atoms with Gasteiger partial charge in [0.1, 0.15) is 5.76 Å². The maximum Gasteiger partial charge on any atom is 0.305 e. The summed E-state index contributed by atoms with van der Waals surface area (Å²) in [5.41, 5.74) is 1.54. The van der Waals surface area contributed by atoms with Crippen molar-refractivity contribution in [2.45, 2.75) is 52.0 Å². The fourth-order valence-corrected chi connectivity index (χ4v) is 3.35. The molecule has 1 aliphatic carbocycles. The predicted octanol–water partition coefficient (Wildman–Crippen LogP) is 2.52. The Kier molecular flexibility index (Phi) is 3.95. The van der Waals surface area contributed by atoms with Gasteiger partial charge in [0.15, 0.2) is 5.82 Å². The molecule has 0 saturated heterocycles. The third kappa shape index (κ3) is 2.81. The van der Waals surface area contributed by atoms with Crippen molar-refractivity contribution < 1.29 is 19.2 Å². The molecule has 2 aromatic rings. The molecular weight excluding hydrogens is 310 g/mol. The molecule has 0 bridgehead atoms. The van der Waals surface area contributed by atoms with Gasteiger partial charge < -0.3 is 14.9 Å². The molecule has 1 fully saturated rings. The maximum atomic E-state index is 12.7. The van der Waals surface area contributed by atoms with E-state index in [-0.39, 0.29) is 12.3 Å². The van der Waals surface area contributed by atoms with Gasteiger partial charge in [-0.25, -0.2) is 0 Å². The monoisotopic (exact) mass is 331 g/mol. The zero-order valence-electron chi connectivity index (χ0n) is 14.0. The lowest BCUT2D eigenvalue weighted by Gasteiger charge is -2.41. The Morgan fingerprint density at radius 2 is 2.04 bits per heavy atom. The smallest absolute Gasteiger partial charge is 0.305 e. The van der Waals surface area contributed by atoms with Crippen LogP contribution in [0.1, 0.15) is 53.2 Å². The number of carboxylic acids is 1. The third-order valence-corrected chi connectivity index (χ3v) is 4.70. The minimum absolute atomic E-state index is 0.0417. The van der Waals surface area contributed by atoms with Crippen LogP contribution < -0.4 is 5.32 Å². The molecule has 2 aromatic heterocycles. The summed E-state index contributed by atoms with van der Waals surface area (Å²) in [5.74, 6) is 0.192. The number of nitrogens with one attached hydrogen (secondary N) is 1. The molecule has 0 spiro atoms. The Labute approximate surface area is 139 Å². The van der Waals surface area contributed by atoms with Crippen molar-refractivity contribution in [3.8, 4) is 5.82 Å². The van der Waals surface area contributed by atoms with Gasteiger partial charge in [0.25, 0.3) is 5.91 Å². The van der Waals surface area contributed by atoms with E-state index in [2.05, 4.69) is 10.5 Å². The van der Waals surface area contributed by atoms with Crippen LogP contribution in [-0.2, 0) is 4.79 Å². The van der Waals surface area contributed by atoms with E-state index in [1.165, 1.54) is 0 Å². The predicted molar refractivity (Wildman–Crippen MR) is 86.3 cm³/mol. The number of hydrogen-bond donors (Lipinski definition) is 2. The van der Waals surface area contributed by atoms with Crippen LogP contribution in [0, 0.1) is 20.8 Å². The lowest BCUT2D eigenvalue weighted by molar-refractivity contribution is -0.139. The van der Waals surface area contributed by atoms with Crippen LogP contribution in [0.4, 0.5) is 0 Å². The second-order valence-electron chi connectivity index (χ2n) is 6.57. The van der Waals surface area contributed by atoms with Gasteiger partial charge in [0, 0.05) is 17.5 Å². The summed E-state index contributed by atoms with van der Waals surface area (Å²) in [7, 11) is 0. The van der Waals surface area contributed by atoms with Crippen LogP contribution in [0.25, 0.3) is 5.82 Å². The number of rotatable bonds is 5. The molecule has 1 saturated carbocycles. The van der Waals surface area contributed by atoms with Crippen molar-refractivity contribution >= 4 is 11.9 Å². The quantitative estimate of drug-likeness (QED) is 0.877. The first-order valence-electron chi connectivity index (χ1n) is 7.98. The molecule has 7 nitrogen and oxygen atoms in total. The molecule has 0 atom stereocenters. The summed E-state index contributed by atoms with van der Waals surface area (Å²) in [6, 6.07) is 3.60. The van der Waals surface area contributed by atoms with Crippen LogP contribution in [-0.4, -0.2) is 32.2 Å². The van der Waals surface area contributed by atoms with Crippen LogP contribution in [0.5, 0.6) is 0 Å². The highest BCUT2D eigenvalue weighted by Crippen LogP contribution is 2.35. The summed E-state index contributed by atoms with van der Waals surface area (Å²) in [5, 5.41) is 16.0.